The third-order valence-electron chi connectivity index (χ3n) is 4.52. The van der Waals surface area contributed by atoms with Crippen molar-refractivity contribution >= 4 is 62.5 Å². The van der Waals surface area contributed by atoms with E-state index in [4.69, 9.17) is 11.6 Å². The monoisotopic (exact) mass is 517 g/mol. The highest BCUT2D eigenvalue weighted by molar-refractivity contribution is 9.10. The molecule has 0 atom stereocenters. The number of benzene rings is 2. The van der Waals surface area contributed by atoms with Gasteiger partial charge in [0.1, 0.15) is 5.03 Å². The molecule has 0 unspecified atom stereocenters. The highest BCUT2D eigenvalue weighted by atomic mass is 79.9. The van der Waals surface area contributed by atoms with E-state index in [1.54, 1.807) is 18.2 Å². The summed E-state index contributed by atoms with van der Waals surface area (Å²) < 4.78 is 0.927. The Morgan fingerprint density at radius 1 is 1.06 bits per heavy atom. The zero-order chi connectivity index (χ0) is 22.5. The summed E-state index contributed by atoms with van der Waals surface area (Å²) in [7, 11) is 0. The Morgan fingerprint density at radius 3 is 2.48 bits per heavy atom. The molecule has 0 aliphatic carbocycles. The minimum atomic E-state index is -0.263. The van der Waals surface area contributed by atoms with Crippen molar-refractivity contribution in [2.45, 2.75) is 25.8 Å². The van der Waals surface area contributed by atoms with Gasteiger partial charge in [0.25, 0.3) is 5.91 Å². The Balaban J connectivity index is 1.76. The van der Waals surface area contributed by atoms with E-state index in [0.29, 0.717) is 27.0 Å². The van der Waals surface area contributed by atoms with Gasteiger partial charge in [0, 0.05) is 26.6 Å². The van der Waals surface area contributed by atoms with Crippen molar-refractivity contribution in [2.24, 2.45) is 0 Å². The predicted octanol–water partition coefficient (Wildman–Crippen LogP) is 6.41. The van der Waals surface area contributed by atoms with Gasteiger partial charge in [0.05, 0.1) is 11.3 Å². The molecule has 2 N–H and O–H groups in total. The summed E-state index contributed by atoms with van der Waals surface area (Å²) >= 11 is 10.7. The molecule has 0 saturated carbocycles. The van der Waals surface area contributed by atoms with Gasteiger partial charge in [-0.25, -0.2) is 4.98 Å². The third kappa shape index (κ3) is 6.09. The van der Waals surface area contributed by atoms with Crippen LogP contribution in [0.3, 0.4) is 0 Å². The van der Waals surface area contributed by atoms with Gasteiger partial charge < -0.3 is 10.6 Å². The lowest BCUT2D eigenvalue weighted by Gasteiger charge is -2.14. The molecule has 0 aliphatic rings. The molecule has 1 heterocycles. The Kier molecular flexibility index (Phi) is 7.75. The van der Waals surface area contributed by atoms with Crippen molar-refractivity contribution in [3.05, 3.63) is 80.4 Å². The van der Waals surface area contributed by atoms with Gasteiger partial charge in [-0.05, 0) is 74.4 Å². The number of aryl methyl sites for hydroxylation is 2. The number of anilines is 2. The highest BCUT2D eigenvalue weighted by Gasteiger charge is 2.19. The lowest BCUT2D eigenvalue weighted by molar-refractivity contribution is -0.113. The Labute approximate surface area is 199 Å². The Bertz CT molecular complexity index is 1140. The van der Waals surface area contributed by atoms with E-state index in [1.165, 1.54) is 11.8 Å². The molecular weight excluding hydrogens is 498 g/mol. The smallest absolute Gasteiger partial charge is 0.258 e. The van der Waals surface area contributed by atoms with Gasteiger partial charge in [-0.1, -0.05) is 45.4 Å². The normalized spacial score (nSPS) is 10.6. The van der Waals surface area contributed by atoms with Crippen LogP contribution in [0.15, 0.2) is 58.0 Å². The lowest BCUT2D eigenvalue weighted by Crippen LogP contribution is -2.18. The quantitative estimate of drug-likeness (QED) is 0.370. The van der Waals surface area contributed by atoms with Crippen molar-refractivity contribution < 1.29 is 9.59 Å². The molecule has 0 aliphatic heterocycles. The van der Waals surface area contributed by atoms with Crippen molar-refractivity contribution in [1.29, 1.82) is 0 Å². The number of carbonyl (C=O) groups excluding carboxylic acids is 2. The van der Waals surface area contributed by atoms with Crippen LogP contribution >= 0.6 is 39.3 Å². The first-order chi connectivity index (χ1) is 14.7. The van der Waals surface area contributed by atoms with Gasteiger partial charge in [-0.15, -0.1) is 0 Å². The fourth-order valence-corrected chi connectivity index (χ4v) is 4.36. The van der Waals surface area contributed by atoms with E-state index in [-0.39, 0.29) is 17.6 Å². The van der Waals surface area contributed by atoms with E-state index in [9.17, 15) is 9.59 Å². The number of thioether (sulfide) groups is 1. The van der Waals surface area contributed by atoms with E-state index in [0.717, 1.165) is 21.3 Å². The SMILES string of the molecule is Cc1cc(C)c(C(=O)Nc2ccc(Br)cc2)c(SCC(=O)Nc2cccc(Cl)c2C)n1. The first kappa shape index (κ1) is 23.3. The molecule has 0 fully saturated rings. The second kappa shape index (κ2) is 10.3. The van der Waals surface area contributed by atoms with Crippen LogP contribution in [0, 0.1) is 20.8 Å². The number of hydrogen-bond donors (Lipinski definition) is 2. The van der Waals surface area contributed by atoms with Crippen molar-refractivity contribution in [2.75, 3.05) is 16.4 Å². The molecule has 160 valence electrons. The van der Waals surface area contributed by atoms with E-state index < -0.39 is 0 Å². The number of pyridine rings is 1. The second-order valence-electron chi connectivity index (χ2n) is 6.97. The summed E-state index contributed by atoms with van der Waals surface area (Å²) in [5.41, 5.74) is 4.20. The summed E-state index contributed by atoms with van der Waals surface area (Å²) in [6.45, 7) is 5.58. The van der Waals surface area contributed by atoms with Crippen LogP contribution < -0.4 is 10.6 Å². The molecule has 31 heavy (non-hydrogen) atoms. The first-order valence-electron chi connectivity index (χ1n) is 9.47. The van der Waals surface area contributed by atoms with Gasteiger partial charge in [0.15, 0.2) is 0 Å². The van der Waals surface area contributed by atoms with Gasteiger partial charge in [0.2, 0.25) is 5.91 Å². The van der Waals surface area contributed by atoms with Gasteiger partial charge >= 0.3 is 0 Å². The van der Waals surface area contributed by atoms with Crippen LogP contribution in [0.25, 0.3) is 0 Å². The summed E-state index contributed by atoms with van der Waals surface area (Å²) in [5, 5.41) is 6.88. The fourth-order valence-electron chi connectivity index (χ4n) is 2.97. The Hall–Kier alpha value is -2.35. The summed E-state index contributed by atoms with van der Waals surface area (Å²) in [4.78, 5) is 30.0. The average molecular weight is 519 g/mol. The lowest BCUT2D eigenvalue weighted by atomic mass is 10.1. The maximum Gasteiger partial charge on any atom is 0.258 e. The minimum Gasteiger partial charge on any atom is -0.325 e. The zero-order valence-electron chi connectivity index (χ0n) is 17.3. The predicted molar refractivity (Wildman–Crippen MR) is 131 cm³/mol. The largest absolute Gasteiger partial charge is 0.325 e. The number of nitrogens with zero attached hydrogens (tertiary/aromatic N) is 1. The fraction of sp³-hybridized carbons (Fsp3) is 0.174. The van der Waals surface area contributed by atoms with E-state index in [1.807, 2.05) is 51.1 Å². The van der Waals surface area contributed by atoms with Crippen LogP contribution in [0.5, 0.6) is 0 Å². The number of aromatic nitrogens is 1. The van der Waals surface area contributed by atoms with Crippen LogP contribution in [-0.4, -0.2) is 22.6 Å². The van der Waals surface area contributed by atoms with Crippen LogP contribution in [0.1, 0.15) is 27.2 Å². The van der Waals surface area contributed by atoms with Gasteiger partial charge in [-0.3, -0.25) is 9.59 Å². The maximum absolute atomic E-state index is 13.0. The van der Waals surface area contributed by atoms with E-state index >= 15 is 0 Å². The molecule has 3 aromatic rings. The summed E-state index contributed by atoms with van der Waals surface area (Å²) in [5.74, 6) is -0.350. The van der Waals surface area contributed by atoms with Crippen molar-refractivity contribution in [3.8, 4) is 0 Å². The van der Waals surface area contributed by atoms with Crippen molar-refractivity contribution in [3.63, 3.8) is 0 Å². The molecular formula is C23H21BrClN3O2S. The number of carbonyl (C=O) groups is 2. The molecule has 2 amide bonds. The highest BCUT2D eigenvalue weighted by Crippen LogP contribution is 2.27. The standard InChI is InChI=1S/C23H21BrClN3O2S/c1-13-11-14(2)26-23(21(13)22(30)27-17-9-7-16(24)8-10-17)31-12-20(29)28-19-6-4-5-18(25)15(19)3/h4-11H,12H2,1-3H3,(H,27,30)(H,28,29). The van der Waals surface area contributed by atoms with Crippen LogP contribution in [0.4, 0.5) is 11.4 Å². The number of amides is 2. The van der Waals surface area contributed by atoms with E-state index in [2.05, 4.69) is 31.5 Å². The van der Waals surface area contributed by atoms with Crippen molar-refractivity contribution in [1.82, 2.24) is 4.98 Å². The molecule has 0 spiro atoms. The van der Waals surface area contributed by atoms with Crippen LogP contribution in [-0.2, 0) is 4.79 Å². The number of hydrogen-bond acceptors (Lipinski definition) is 4. The second-order valence-corrected chi connectivity index (χ2v) is 9.26. The third-order valence-corrected chi connectivity index (χ3v) is 6.44. The average Bonchev–Trinajstić information content (AvgIpc) is 2.71. The summed E-state index contributed by atoms with van der Waals surface area (Å²) in [6, 6.07) is 14.6. The molecule has 0 radical (unpaired) electrons. The molecule has 1 aromatic heterocycles. The number of halogens is 2. The molecule has 0 saturated heterocycles. The zero-order valence-corrected chi connectivity index (χ0v) is 20.4. The summed E-state index contributed by atoms with van der Waals surface area (Å²) in [6.07, 6.45) is 0. The number of nitrogens with one attached hydrogen (secondary N) is 2. The molecule has 0 bridgehead atoms. The molecule has 3 rings (SSSR count). The molecule has 2 aromatic carbocycles. The molecule has 8 heteroatoms. The number of rotatable bonds is 6. The van der Waals surface area contributed by atoms with Crippen LogP contribution in [0.2, 0.25) is 5.02 Å². The molecule has 5 nitrogen and oxygen atoms in total. The topological polar surface area (TPSA) is 71.1 Å². The minimum absolute atomic E-state index is 0.112. The maximum atomic E-state index is 13.0. The van der Waals surface area contributed by atoms with Gasteiger partial charge in [-0.2, -0.15) is 0 Å². The Morgan fingerprint density at radius 2 is 1.77 bits per heavy atom. The first-order valence-corrected chi connectivity index (χ1v) is 11.6.